The molecule has 0 spiro atoms. The van der Waals surface area contributed by atoms with Crippen LogP contribution in [0.5, 0.6) is 11.5 Å². The van der Waals surface area contributed by atoms with Crippen LogP contribution in [0.3, 0.4) is 0 Å². The first-order chi connectivity index (χ1) is 12.2. The molecule has 0 saturated carbocycles. The van der Waals surface area contributed by atoms with Crippen LogP contribution < -0.4 is 14.4 Å². The van der Waals surface area contributed by atoms with Crippen molar-refractivity contribution < 1.29 is 14.0 Å². The number of ether oxygens (including phenoxy) is 2. The minimum Gasteiger partial charge on any atom is -0.493 e. The lowest BCUT2D eigenvalue weighted by Crippen LogP contribution is -2.19. The SMILES string of the molecule is COc1ccc(N(C)CCCc2nc(-c3cccs3)no2)cc1OC. The van der Waals surface area contributed by atoms with Gasteiger partial charge in [-0.1, -0.05) is 11.2 Å². The zero-order chi connectivity index (χ0) is 17.6. The van der Waals surface area contributed by atoms with E-state index < -0.39 is 0 Å². The summed E-state index contributed by atoms with van der Waals surface area (Å²) in [5, 5.41) is 6.04. The fraction of sp³-hybridized carbons (Fsp3) is 0.333. The van der Waals surface area contributed by atoms with Crippen molar-refractivity contribution in [1.29, 1.82) is 0 Å². The van der Waals surface area contributed by atoms with Gasteiger partial charge in [-0.05, 0) is 30.0 Å². The van der Waals surface area contributed by atoms with Crippen LogP contribution >= 0.6 is 11.3 Å². The van der Waals surface area contributed by atoms with Crippen molar-refractivity contribution in [1.82, 2.24) is 10.1 Å². The molecule has 25 heavy (non-hydrogen) atoms. The van der Waals surface area contributed by atoms with Gasteiger partial charge >= 0.3 is 0 Å². The molecule has 0 aliphatic rings. The van der Waals surface area contributed by atoms with E-state index in [1.54, 1.807) is 25.6 Å². The van der Waals surface area contributed by atoms with Crippen molar-refractivity contribution in [3.8, 4) is 22.2 Å². The molecule has 0 radical (unpaired) electrons. The van der Waals surface area contributed by atoms with Gasteiger partial charge in [0.05, 0.1) is 19.1 Å². The Balaban J connectivity index is 1.55. The number of rotatable bonds is 8. The highest BCUT2D eigenvalue weighted by Gasteiger charge is 2.11. The van der Waals surface area contributed by atoms with Gasteiger partial charge in [-0.2, -0.15) is 4.98 Å². The van der Waals surface area contributed by atoms with Crippen LogP contribution in [-0.2, 0) is 6.42 Å². The number of hydrogen-bond acceptors (Lipinski definition) is 7. The van der Waals surface area contributed by atoms with Crippen LogP contribution in [0.1, 0.15) is 12.3 Å². The molecular weight excluding hydrogens is 338 g/mol. The Bertz CT molecular complexity index is 802. The molecule has 0 bridgehead atoms. The molecule has 0 aliphatic heterocycles. The summed E-state index contributed by atoms with van der Waals surface area (Å²) < 4.78 is 16.0. The van der Waals surface area contributed by atoms with Crippen molar-refractivity contribution >= 4 is 17.0 Å². The topological polar surface area (TPSA) is 60.6 Å². The highest BCUT2D eigenvalue weighted by atomic mass is 32.1. The molecule has 1 aromatic carbocycles. The smallest absolute Gasteiger partial charge is 0.227 e. The van der Waals surface area contributed by atoms with Gasteiger partial charge < -0.3 is 18.9 Å². The number of nitrogens with zero attached hydrogens (tertiary/aromatic N) is 3. The lowest BCUT2D eigenvalue weighted by Gasteiger charge is -2.20. The third-order valence-corrected chi connectivity index (χ3v) is 4.77. The molecule has 3 aromatic rings. The van der Waals surface area contributed by atoms with Crippen molar-refractivity contribution in [3.63, 3.8) is 0 Å². The van der Waals surface area contributed by atoms with E-state index in [0.717, 1.165) is 41.4 Å². The molecule has 3 rings (SSSR count). The summed E-state index contributed by atoms with van der Waals surface area (Å²) in [6.07, 6.45) is 1.66. The number of anilines is 1. The highest BCUT2D eigenvalue weighted by Crippen LogP contribution is 2.31. The van der Waals surface area contributed by atoms with Crippen molar-refractivity contribution in [2.45, 2.75) is 12.8 Å². The summed E-state index contributed by atoms with van der Waals surface area (Å²) in [6, 6.07) is 9.87. The first-order valence-corrected chi connectivity index (χ1v) is 8.89. The third-order valence-electron chi connectivity index (χ3n) is 3.90. The largest absolute Gasteiger partial charge is 0.493 e. The van der Waals surface area contributed by atoms with Gasteiger partial charge in [0.15, 0.2) is 11.5 Å². The van der Waals surface area contributed by atoms with Crippen LogP contribution in [0.25, 0.3) is 10.7 Å². The molecule has 0 unspecified atom stereocenters. The zero-order valence-electron chi connectivity index (χ0n) is 14.6. The fourth-order valence-corrected chi connectivity index (χ4v) is 3.17. The van der Waals surface area contributed by atoms with Gasteiger partial charge in [0.1, 0.15) is 0 Å². The van der Waals surface area contributed by atoms with Crippen LogP contribution in [0, 0.1) is 0 Å². The lowest BCUT2D eigenvalue weighted by molar-refractivity contribution is 0.355. The van der Waals surface area contributed by atoms with Crippen molar-refractivity contribution in [3.05, 3.63) is 41.6 Å². The summed E-state index contributed by atoms with van der Waals surface area (Å²) >= 11 is 1.61. The van der Waals surface area contributed by atoms with Gasteiger partial charge in [0.25, 0.3) is 0 Å². The molecule has 6 nitrogen and oxygen atoms in total. The summed E-state index contributed by atoms with van der Waals surface area (Å²) in [7, 11) is 5.32. The van der Waals surface area contributed by atoms with E-state index in [9.17, 15) is 0 Å². The molecular formula is C18H21N3O3S. The second-order valence-electron chi connectivity index (χ2n) is 5.55. The van der Waals surface area contributed by atoms with Gasteiger partial charge in [0, 0.05) is 31.8 Å². The third kappa shape index (κ3) is 4.11. The molecule has 0 saturated heterocycles. The lowest BCUT2D eigenvalue weighted by atomic mass is 10.2. The van der Waals surface area contributed by atoms with Crippen molar-refractivity contribution in [2.24, 2.45) is 0 Å². The molecule has 0 fully saturated rings. The first-order valence-electron chi connectivity index (χ1n) is 8.01. The summed E-state index contributed by atoms with van der Waals surface area (Å²) in [6.45, 7) is 0.867. The summed E-state index contributed by atoms with van der Waals surface area (Å²) in [5.74, 6) is 2.79. The van der Waals surface area contributed by atoms with Crippen LogP contribution in [0.4, 0.5) is 5.69 Å². The average Bonchev–Trinajstić information content (AvgIpc) is 3.32. The maximum atomic E-state index is 5.36. The first kappa shape index (κ1) is 17.3. The summed E-state index contributed by atoms with van der Waals surface area (Å²) in [4.78, 5) is 7.64. The van der Waals surface area contributed by atoms with E-state index >= 15 is 0 Å². The van der Waals surface area contributed by atoms with Gasteiger partial charge in [-0.15, -0.1) is 11.3 Å². The van der Waals surface area contributed by atoms with Crippen molar-refractivity contribution in [2.75, 3.05) is 32.7 Å². The maximum absolute atomic E-state index is 5.36. The predicted octanol–water partition coefficient (Wildman–Crippen LogP) is 3.88. The Morgan fingerprint density at radius 1 is 1.16 bits per heavy atom. The van der Waals surface area contributed by atoms with E-state index in [4.69, 9.17) is 14.0 Å². The number of aromatic nitrogens is 2. The van der Waals surface area contributed by atoms with E-state index in [-0.39, 0.29) is 0 Å². The zero-order valence-corrected chi connectivity index (χ0v) is 15.4. The summed E-state index contributed by atoms with van der Waals surface area (Å²) in [5.41, 5.74) is 1.07. The van der Waals surface area contributed by atoms with E-state index in [2.05, 4.69) is 15.0 Å². The number of benzene rings is 1. The minimum absolute atomic E-state index is 0.665. The van der Waals surface area contributed by atoms with E-state index in [0.29, 0.717) is 11.7 Å². The van der Waals surface area contributed by atoms with Crippen LogP contribution in [-0.4, -0.2) is 38.0 Å². The average molecular weight is 359 g/mol. The molecule has 2 aromatic heterocycles. The van der Waals surface area contributed by atoms with Crippen LogP contribution in [0.2, 0.25) is 0 Å². The Kier molecular flexibility index (Phi) is 5.55. The number of thiophene rings is 1. The molecule has 7 heteroatoms. The van der Waals surface area contributed by atoms with Crippen LogP contribution in [0.15, 0.2) is 40.2 Å². The van der Waals surface area contributed by atoms with E-state index in [1.165, 1.54) is 0 Å². The second kappa shape index (κ2) is 8.02. The standard InChI is InChI=1S/C18H21N3O3S/c1-21(13-8-9-14(22-2)15(12-13)23-3)10-4-7-17-19-18(20-24-17)16-6-5-11-25-16/h5-6,8-9,11-12H,4,7,10H2,1-3H3. The Morgan fingerprint density at radius 3 is 2.72 bits per heavy atom. The Hall–Kier alpha value is -2.54. The monoisotopic (exact) mass is 359 g/mol. The van der Waals surface area contributed by atoms with Gasteiger partial charge in [0.2, 0.25) is 11.7 Å². The highest BCUT2D eigenvalue weighted by molar-refractivity contribution is 7.13. The van der Waals surface area contributed by atoms with Gasteiger partial charge in [-0.3, -0.25) is 0 Å². The molecule has 0 N–H and O–H groups in total. The van der Waals surface area contributed by atoms with Gasteiger partial charge in [-0.25, -0.2) is 0 Å². The van der Waals surface area contributed by atoms with E-state index in [1.807, 2.05) is 42.8 Å². The molecule has 0 aliphatic carbocycles. The quantitative estimate of drug-likeness (QED) is 0.608. The normalized spacial score (nSPS) is 10.7. The maximum Gasteiger partial charge on any atom is 0.227 e. The fourth-order valence-electron chi connectivity index (χ4n) is 2.52. The predicted molar refractivity (Wildman–Crippen MR) is 98.7 cm³/mol. The number of aryl methyl sites for hydroxylation is 1. The molecule has 132 valence electrons. The second-order valence-corrected chi connectivity index (χ2v) is 6.50. The number of hydrogen-bond donors (Lipinski definition) is 0. The Morgan fingerprint density at radius 2 is 2.00 bits per heavy atom. The molecule has 0 atom stereocenters. The molecule has 2 heterocycles. The number of methoxy groups -OCH3 is 2. The Labute approximate surface area is 151 Å². The minimum atomic E-state index is 0.665. The molecule has 0 amide bonds.